The zero-order valence-electron chi connectivity index (χ0n) is 12.0. The number of hydrogen-bond donors (Lipinski definition) is 2. The number of phenolic OH excluding ortho intramolecular Hbond substituents is 1. The zero-order chi connectivity index (χ0) is 15.4. The molecule has 1 fully saturated rings. The third kappa shape index (κ3) is 3.45. The number of piperidine rings is 1. The zero-order valence-corrected chi connectivity index (χ0v) is 12.0. The van der Waals surface area contributed by atoms with Crippen LogP contribution < -0.4 is 4.90 Å². The molecule has 1 aliphatic heterocycles. The van der Waals surface area contributed by atoms with Crippen LogP contribution in [0.25, 0.3) is 0 Å². The van der Waals surface area contributed by atoms with Crippen molar-refractivity contribution in [2.75, 3.05) is 24.5 Å². The fraction of sp³-hybridized carbons (Fsp3) is 0.467. The number of aliphatic carboxylic acids is 1. The van der Waals surface area contributed by atoms with E-state index >= 15 is 0 Å². The molecule has 0 spiro atoms. The number of carbonyl (C=O) groups excluding carboxylic acids is 1. The highest BCUT2D eigenvalue weighted by atomic mass is 16.4. The van der Waals surface area contributed by atoms with E-state index in [1.165, 1.54) is 6.07 Å². The number of hydrogen-bond acceptors (Lipinski definition) is 3. The SMILES string of the molecule is CCN(C(=O)N1CCC[C@H](C(=O)O)C1)c1cccc(O)c1. The van der Waals surface area contributed by atoms with Crippen molar-refractivity contribution in [1.82, 2.24) is 4.90 Å². The molecule has 2 amide bonds. The fourth-order valence-electron chi connectivity index (χ4n) is 2.61. The van der Waals surface area contributed by atoms with Gasteiger partial charge in [-0.25, -0.2) is 4.79 Å². The molecule has 21 heavy (non-hydrogen) atoms. The van der Waals surface area contributed by atoms with Gasteiger partial charge in [0.1, 0.15) is 5.75 Å². The molecule has 114 valence electrons. The van der Waals surface area contributed by atoms with Gasteiger partial charge in [-0.1, -0.05) is 6.07 Å². The van der Waals surface area contributed by atoms with Gasteiger partial charge in [0, 0.05) is 31.4 Å². The Balaban J connectivity index is 2.14. The van der Waals surface area contributed by atoms with E-state index in [1.807, 2.05) is 6.92 Å². The molecule has 1 aliphatic rings. The predicted molar refractivity (Wildman–Crippen MR) is 78.5 cm³/mol. The summed E-state index contributed by atoms with van der Waals surface area (Å²) in [4.78, 5) is 26.8. The minimum atomic E-state index is -0.854. The molecule has 1 heterocycles. The van der Waals surface area contributed by atoms with E-state index in [9.17, 15) is 14.7 Å². The number of carboxylic acid groups (broad SMARTS) is 1. The quantitative estimate of drug-likeness (QED) is 0.894. The Morgan fingerprint density at radius 1 is 1.43 bits per heavy atom. The molecule has 1 saturated heterocycles. The van der Waals surface area contributed by atoms with Gasteiger partial charge in [-0.05, 0) is 31.9 Å². The molecule has 0 bridgehead atoms. The molecule has 0 aliphatic carbocycles. The second-order valence-corrected chi connectivity index (χ2v) is 5.17. The summed E-state index contributed by atoms with van der Waals surface area (Å²) in [6, 6.07) is 6.29. The standard InChI is InChI=1S/C15H20N2O4/c1-2-17(12-6-3-7-13(18)9-12)15(21)16-8-4-5-11(10-16)14(19)20/h3,6-7,9,11,18H,2,4-5,8,10H2,1H3,(H,19,20)/t11-/m0/s1. The van der Waals surface area contributed by atoms with E-state index in [1.54, 1.807) is 28.0 Å². The van der Waals surface area contributed by atoms with Crippen LogP contribution in [0.4, 0.5) is 10.5 Å². The minimum absolute atomic E-state index is 0.0980. The maximum Gasteiger partial charge on any atom is 0.324 e. The molecule has 2 rings (SSSR count). The van der Waals surface area contributed by atoms with Crippen molar-refractivity contribution in [2.24, 2.45) is 5.92 Å². The summed E-state index contributed by atoms with van der Waals surface area (Å²) in [7, 11) is 0. The minimum Gasteiger partial charge on any atom is -0.508 e. The molecule has 6 heteroatoms. The number of anilines is 1. The number of aromatic hydroxyl groups is 1. The van der Waals surface area contributed by atoms with Crippen molar-refractivity contribution < 1.29 is 19.8 Å². The van der Waals surface area contributed by atoms with E-state index in [4.69, 9.17) is 5.11 Å². The highest BCUT2D eigenvalue weighted by Gasteiger charge is 2.30. The summed E-state index contributed by atoms with van der Waals surface area (Å²) >= 11 is 0. The highest BCUT2D eigenvalue weighted by molar-refractivity contribution is 5.92. The first-order chi connectivity index (χ1) is 10.0. The second-order valence-electron chi connectivity index (χ2n) is 5.17. The van der Waals surface area contributed by atoms with Crippen LogP contribution in [-0.2, 0) is 4.79 Å². The van der Waals surface area contributed by atoms with Crippen LogP contribution in [0.15, 0.2) is 24.3 Å². The number of urea groups is 1. The van der Waals surface area contributed by atoms with Crippen molar-refractivity contribution in [2.45, 2.75) is 19.8 Å². The lowest BCUT2D eigenvalue weighted by molar-refractivity contribution is -0.143. The first-order valence-corrected chi connectivity index (χ1v) is 7.11. The van der Waals surface area contributed by atoms with Crippen LogP contribution in [-0.4, -0.2) is 46.7 Å². The van der Waals surface area contributed by atoms with Gasteiger partial charge in [0.2, 0.25) is 0 Å². The van der Waals surface area contributed by atoms with Gasteiger partial charge in [-0.2, -0.15) is 0 Å². The first kappa shape index (κ1) is 15.2. The third-order valence-electron chi connectivity index (χ3n) is 3.73. The van der Waals surface area contributed by atoms with Crippen molar-refractivity contribution in [3.63, 3.8) is 0 Å². The molecule has 0 unspecified atom stereocenters. The van der Waals surface area contributed by atoms with E-state index in [-0.39, 0.29) is 18.3 Å². The average Bonchev–Trinajstić information content (AvgIpc) is 2.48. The Morgan fingerprint density at radius 2 is 2.19 bits per heavy atom. The molecule has 1 atom stereocenters. The average molecular weight is 292 g/mol. The molecular weight excluding hydrogens is 272 g/mol. The Morgan fingerprint density at radius 3 is 2.81 bits per heavy atom. The Bertz CT molecular complexity index is 532. The lowest BCUT2D eigenvalue weighted by Crippen LogP contribution is -2.49. The smallest absolute Gasteiger partial charge is 0.324 e. The van der Waals surface area contributed by atoms with Crippen LogP contribution in [0.1, 0.15) is 19.8 Å². The summed E-state index contributed by atoms with van der Waals surface area (Å²) in [6.07, 6.45) is 1.30. The Kier molecular flexibility index (Phi) is 4.67. The number of carbonyl (C=O) groups is 2. The van der Waals surface area contributed by atoms with E-state index in [0.29, 0.717) is 31.6 Å². The lowest BCUT2D eigenvalue weighted by Gasteiger charge is -2.34. The van der Waals surface area contributed by atoms with Gasteiger partial charge in [0.05, 0.1) is 5.92 Å². The normalized spacial score (nSPS) is 18.3. The van der Waals surface area contributed by atoms with Crippen LogP contribution in [0.5, 0.6) is 5.75 Å². The van der Waals surface area contributed by atoms with E-state index in [2.05, 4.69) is 0 Å². The molecule has 1 aromatic rings. The summed E-state index contributed by atoms with van der Waals surface area (Å²) in [5, 5.41) is 18.6. The molecule has 0 radical (unpaired) electrons. The van der Waals surface area contributed by atoms with Gasteiger partial charge in [0.15, 0.2) is 0 Å². The van der Waals surface area contributed by atoms with Crippen LogP contribution in [0, 0.1) is 5.92 Å². The van der Waals surface area contributed by atoms with Gasteiger partial charge < -0.3 is 15.1 Å². The Hall–Kier alpha value is -2.24. The molecule has 2 N–H and O–H groups in total. The number of benzene rings is 1. The molecule has 6 nitrogen and oxygen atoms in total. The summed E-state index contributed by atoms with van der Waals surface area (Å²) in [5.74, 6) is -1.25. The van der Waals surface area contributed by atoms with Crippen LogP contribution >= 0.6 is 0 Å². The molecule has 0 aromatic heterocycles. The largest absolute Gasteiger partial charge is 0.508 e. The van der Waals surface area contributed by atoms with Crippen LogP contribution in [0.3, 0.4) is 0 Å². The maximum absolute atomic E-state index is 12.6. The number of amides is 2. The molecular formula is C15H20N2O4. The highest BCUT2D eigenvalue weighted by Crippen LogP contribution is 2.23. The molecule has 1 aromatic carbocycles. The van der Waals surface area contributed by atoms with Crippen molar-refractivity contribution in [3.8, 4) is 5.75 Å². The van der Waals surface area contributed by atoms with E-state index < -0.39 is 11.9 Å². The van der Waals surface area contributed by atoms with Crippen molar-refractivity contribution in [1.29, 1.82) is 0 Å². The fourth-order valence-corrected chi connectivity index (χ4v) is 2.61. The van der Waals surface area contributed by atoms with Crippen molar-refractivity contribution in [3.05, 3.63) is 24.3 Å². The predicted octanol–water partition coefficient (Wildman–Crippen LogP) is 2.14. The lowest BCUT2D eigenvalue weighted by atomic mass is 9.98. The number of likely N-dealkylation sites (tertiary alicyclic amines) is 1. The van der Waals surface area contributed by atoms with Gasteiger partial charge in [0.25, 0.3) is 0 Å². The number of carboxylic acids is 1. The summed E-state index contributed by atoms with van der Waals surface area (Å²) < 4.78 is 0. The van der Waals surface area contributed by atoms with Gasteiger partial charge in [-0.3, -0.25) is 9.69 Å². The number of phenols is 1. The van der Waals surface area contributed by atoms with Crippen LogP contribution in [0.2, 0.25) is 0 Å². The Labute approximate surface area is 123 Å². The number of nitrogens with zero attached hydrogens (tertiary/aromatic N) is 2. The monoisotopic (exact) mass is 292 g/mol. The third-order valence-corrected chi connectivity index (χ3v) is 3.73. The summed E-state index contributed by atoms with van der Waals surface area (Å²) in [6.45, 7) is 3.11. The second kappa shape index (κ2) is 6.47. The van der Waals surface area contributed by atoms with Gasteiger partial charge in [-0.15, -0.1) is 0 Å². The maximum atomic E-state index is 12.6. The summed E-state index contributed by atoms with van der Waals surface area (Å²) in [5.41, 5.74) is 0.611. The van der Waals surface area contributed by atoms with Crippen molar-refractivity contribution >= 4 is 17.7 Å². The topological polar surface area (TPSA) is 81.1 Å². The molecule has 0 saturated carbocycles. The van der Waals surface area contributed by atoms with Gasteiger partial charge >= 0.3 is 12.0 Å². The van der Waals surface area contributed by atoms with E-state index in [0.717, 1.165) is 0 Å². The first-order valence-electron chi connectivity index (χ1n) is 7.11. The number of rotatable bonds is 3.